The largest absolute Gasteiger partial charge is 0.444 e. The summed E-state index contributed by atoms with van der Waals surface area (Å²) in [6, 6.07) is 2.89. The smallest absolute Gasteiger partial charge is 0.211 e. The maximum Gasteiger partial charge on any atom is 0.211 e. The average molecular weight is 266 g/mol. The van der Waals surface area contributed by atoms with Gasteiger partial charge in [-0.15, -0.1) is 0 Å². The molecule has 0 bridgehead atoms. The molecule has 0 aliphatic rings. The number of hydrogen-bond donors (Lipinski definition) is 1. The van der Waals surface area contributed by atoms with E-state index in [1.54, 1.807) is 20.0 Å². The summed E-state index contributed by atoms with van der Waals surface area (Å²) in [6.45, 7) is 5.43. The van der Waals surface area contributed by atoms with Gasteiger partial charge in [0.2, 0.25) is 5.89 Å². The number of nitrogens with zero attached hydrogens (tertiary/aromatic N) is 1. The second-order valence-electron chi connectivity index (χ2n) is 4.59. The zero-order chi connectivity index (χ0) is 14.0. The third-order valence-corrected chi connectivity index (χ3v) is 2.93. The van der Waals surface area contributed by atoms with Crippen molar-refractivity contribution in [3.05, 3.63) is 53.2 Å². The van der Waals surface area contributed by atoms with E-state index in [2.05, 4.69) is 10.3 Å². The fourth-order valence-corrected chi connectivity index (χ4v) is 1.95. The highest BCUT2D eigenvalue weighted by Gasteiger charge is 2.17. The first-order valence-corrected chi connectivity index (χ1v) is 6.10. The van der Waals surface area contributed by atoms with E-state index >= 15 is 0 Å². The van der Waals surface area contributed by atoms with E-state index in [1.165, 1.54) is 6.07 Å². The summed E-state index contributed by atoms with van der Waals surface area (Å²) in [6.07, 6.45) is 1.63. The van der Waals surface area contributed by atoms with Crippen molar-refractivity contribution in [2.75, 3.05) is 0 Å². The topological polar surface area (TPSA) is 38.1 Å². The Kier molecular flexibility index (Phi) is 3.95. The summed E-state index contributed by atoms with van der Waals surface area (Å²) in [4.78, 5) is 4.11. The van der Waals surface area contributed by atoms with Gasteiger partial charge in [-0.2, -0.15) is 0 Å². The van der Waals surface area contributed by atoms with Crippen LogP contribution < -0.4 is 5.32 Å². The molecule has 1 aromatic carbocycles. The van der Waals surface area contributed by atoms with Gasteiger partial charge in [0.25, 0.3) is 0 Å². The van der Waals surface area contributed by atoms with Crippen LogP contribution in [-0.4, -0.2) is 4.98 Å². The van der Waals surface area contributed by atoms with Crippen LogP contribution in [-0.2, 0) is 0 Å². The predicted molar refractivity (Wildman–Crippen MR) is 67.6 cm³/mol. The van der Waals surface area contributed by atoms with Crippen LogP contribution in [0.5, 0.6) is 0 Å². The van der Waals surface area contributed by atoms with Crippen LogP contribution in [0.15, 0.2) is 28.8 Å². The maximum absolute atomic E-state index is 13.6. The number of hydrogen-bond acceptors (Lipinski definition) is 3. The number of halogens is 2. The maximum atomic E-state index is 13.6. The number of aryl methyl sites for hydroxylation is 1. The molecular weight excluding hydrogens is 250 g/mol. The van der Waals surface area contributed by atoms with Gasteiger partial charge in [0.1, 0.15) is 17.4 Å². The number of aromatic nitrogens is 1. The van der Waals surface area contributed by atoms with Crippen molar-refractivity contribution >= 4 is 0 Å². The van der Waals surface area contributed by atoms with Gasteiger partial charge >= 0.3 is 0 Å². The zero-order valence-electron chi connectivity index (χ0n) is 11.1. The van der Waals surface area contributed by atoms with Gasteiger partial charge in [-0.1, -0.05) is 0 Å². The van der Waals surface area contributed by atoms with E-state index in [4.69, 9.17) is 4.42 Å². The molecule has 2 atom stereocenters. The van der Waals surface area contributed by atoms with E-state index in [1.807, 2.05) is 6.92 Å². The Balaban J connectivity index is 2.12. The first-order chi connectivity index (χ1) is 8.97. The molecule has 1 heterocycles. The van der Waals surface area contributed by atoms with Crippen molar-refractivity contribution in [1.29, 1.82) is 0 Å². The molecule has 1 aromatic heterocycles. The van der Waals surface area contributed by atoms with Crippen molar-refractivity contribution in [3.8, 4) is 0 Å². The van der Waals surface area contributed by atoms with Gasteiger partial charge in [-0.25, -0.2) is 13.8 Å². The molecule has 0 saturated carbocycles. The molecule has 5 heteroatoms. The van der Waals surface area contributed by atoms with Gasteiger partial charge in [-0.05, 0) is 39.0 Å². The fourth-order valence-electron chi connectivity index (χ4n) is 1.95. The Morgan fingerprint density at radius 3 is 2.58 bits per heavy atom. The van der Waals surface area contributed by atoms with Crippen LogP contribution in [0.2, 0.25) is 0 Å². The molecule has 1 N–H and O–H groups in total. The number of nitrogens with one attached hydrogen (secondary N) is 1. The van der Waals surface area contributed by atoms with Crippen molar-refractivity contribution in [2.45, 2.75) is 32.9 Å². The molecule has 0 radical (unpaired) electrons. The Morgan fingerprint density at radius 2 is 1.95 bits per heavy atom. The first-order valence-electron chi connectivity index (χ1n) is 6.10. The summed E-state index contributed by atoms with van der Waals surface area (Å²) in [5, 5.41) is 3.13. The van der Waals surface area contributed by atoms with Crippen LogP contribution in [0, 0.1) is 18.6 Å². The molecule has 0 spiro atoms. The van der Waals surface area contributed by atoms with Gasteiger partial charge in [0.05, 0.1) is 12.2 Å². The first kappa shape index (κ1) is 13.7. The van der Waals surface area contributed by atoms with Crippen LogP contribution in [0.25, 0.3) is 0 Å². The number of rotatable bonds is 4. The van der Waals surface area contributed by atoms with Crippen molar-refractivity contribution in [2.24, 2.45) is 0 Å². The lowest BCUT2D eigenvalue weighted by Crippen LogP contribution is -2.23. The van der Waals surface area contributed by atoms with Crippen molar-refractivity contribution < 1.29 is 13.2 Å². The SMILES string of the molecule is Cc1cnc(C(C)NC(C)c2cc(F)ccc2F)o1. The van der Waals surface area contributed by atoms with Gasteiger partial charge in [0, 0.05) is 11.6 Å². The van der Waals surface area contributed by atoms with E-state index in [0.717, 1.165) is 12.1 Å². The third-order valence-electron chi connectivity index (χ3n) is 2.93. The monoisotopic (exact) mass is 266 g/mol. The minimum atomic E-state index is -0.454. The Bertz CT molecular complexity index is 568. The van der Waals surface area contributed by atoms with Crippen LogP contribution in [0.3, 0.4) is 0 Å². The van der Waals surface area contributed by atoms with E-state index < -0.39 is 11.6 Å². The zero-order valence-corrected chi connectivity index (χ0v) is 11.1. The summed E-state index contributed by atoms with van der Waals surface area (Å²) in [5.41, 5.74) is 0.287. The lowest BCUT2D eigenvalue weighted by Gasteiger charge is -2.18. The highest BCUT2D eigenvalue weighted by atomic mass is 19.1. The van der Waals surface area contributed by atoms with Gasteiger partial charge in [-0.3, -0.25) is 5.32 Å². The number of benzene rings is 1. The molecule has 0 fully saturated rings. The second-order valence-corrected chi connectivity index (χ2v) is 4.59. The molecule has 102 valence electrons. The summed E-state index contributed by atoms with van der Waals surface area (Å²) < 4.78 is 32.2. The van der Waals surface area contributed by atoms with E-state index in [9.17, 15) is 8.78 Å². The molecule has 0 aliphatic carbocycles. The second kappa shape index (κ2) is 5.48. The summed E-state index contributed by atoms with van der Waals surface area (Å²) in [5.74, 6) is 0.358. The van der Waals surface area contributed by atoms with E-state index in [0.29, 0.717) is 11.7 Å². The lowest BCUT2D eigenvalue weighted by molar-refractivity contribution is 0.375. The summed E-state index contributed by atoms with van der Waals surface area (Å²) >= 11 is 0. The molecular formula is C14H16F2N2O. The highest BCUT2D eigenvalue weighted by molar-refractivity contribution is 5.22. The molecule has 19 heavy (non-hydrogen) atoms. The molecule has 0 saturated heterocycles. The quantitative estimate of drug-likeness (QED) is 0.917. The summed E-state index contributed by atoms with van der Waals surface area (Å²) in [7, 11) is 0. The molecule has 2 rings (SSSR count). The van der Waals surface area contributed by atoms with Gasteiger partial charge < -0.3 is 4.42 Å². The number of oxazole rings is 1. The predicted octanol–water partition coefficient (Wildman–Crippen LogP) is 3.67. The normalized spacial score (nSPS) is 14.4. The minimum Gasteiger partial charge on any atom is -0.444 e. The fraction of sp³-hybridized carbons (Fsp3) is 0.357. The Hall–Kier alpha value is -1.75. The molecule has 2 aromatic rings. The molecule has 3 nitrogen and oxygen atoms in total. The van der Waals surface area contributed by atoms with Crippen molar-refractivity contribution in [1.82, 2.24) is 10.3 Å². The lowest BCUT2D eigenvalue weighted by atomic mass is 10.1. The highest BCUT2D eigenvalue weighted by Crippen LogP contribution is 2.22. The molecule has 2 unspecified atom stereocenters. The van der Waals surface area contributed by atoms with Gasteiger partial charge in [0.15, 0.2) is 0 Å². The Labute approximate surface area is 110 Å². The van der Waals surface area contributed by atoms with Crippen molar-refractivity contribution in [3.63, 3.8) is 0 Å². The van der Waals surface area contributed by atoms with Crippen LogP contribution in [0.4, 0.5) is 8.78 Å². The third kappa shape index (κ3) is 3.17. The molecule has 0 amide bonds. The van der Waals surface area contributed by atoms with Crippen LogP contribution in [0.1, 0.15) is 43.1 Å². The molecule has 0 aliphatic heterocycles. The minimum absolute atomic E-state index is 0.189. The van der Waals surface area contributed by atoms with Crippen LogP contribution >= 0.6 is 0 Å². The standard InChI is InChI=1S/C14H16F2N2O/c1-8-7-17-14(19-8)10(3)18-9(2)12-6-11(15)4-5-13(12)16/h4-7,9-10,18H,1-3H3. The Morgan fingerprint density at radius 1 is 1.21 bits per heavy atom. The average Bonchev–Trinajstić information content (AvgIpc) is 2.79. The van der Waals surface area contributed by atoms with E-state index in [-0.39, 0.29) is 17.6 Å².